The summed E-state index contributed by atoms with van der Waals surface area (Å²) in [4.78, 5) is 20.8. The number of para-hydroxylation sites is 1. The summed E-state index contributed by atoms with van der Waals surface area (Å²) in [5.41, 5.74) is 1.29. The molecule has 0 amide bonds. The Morgan fingerprint density at radius 1 is 1.39 bits per heavy atom. The van der Waals surface area contributed by atoms with Gasteiger partial charge in [-0.25, -0.2) is 0 Å². The highest BCUT2D eigenvalue weighted by atomic mass is 32.1. The van der Waals surface area contributed by atoms with Gasteiger partial charge in [0.15, 0.2) is 4.77 Å². The molecular formula is C16H20N4O2S. The number of hydrogen-bond acceptors (Lipinski definition) is 5. The van der Waals surface area contributed by atoms with Crippen molar-refractivity contribution in [2.75, 3.05) is 27.2 Å². The SMILES string of the molecule is Cc1ccccc1-n1c(O)c(C=NCCN(C)C)c(=O)[nH]c1=S. The van der Waals surface area contributed by atoms with Crippen LogP contribution in [0.4, 0.5) is 0 Å². The van der Waals surface area contributed by atoms with Crippen molar-refractivity contribution in [1.29, 1.82) is 0 Å². The van der Waals surface area contributed by atoms with Crippen LogP contribution in [-0.4, -0.2) is 53.0 Å². The van der Waals surface area contributed by atoms with Gasteiger partial charge in [-0.2, -0.15) is 0 Å². The Kier molecular flexibility index (Phi) is 5.46. The van der Waals surface area contributed by atoms with Gasteiger partial charge in [0.25, 0.3) is 5.56 Å². The molecule has 6 nitrogen and oxygen atoms in total. The third-order valence-electron chi connectivity index (χ3n) is 3.37. The molecule has 0 aliphatic carbocycles. The first-order valence-corrected chi connectivity index (χ1v) is 7.61. The molecule has 2 aromatic rings. The topological polar surface area (TPSA) is 73.6 Å². The van der Waals surface area contributed by atoms with Crippen LogP contribution in [0.25, 0.3) is 5.69 Å². The maximum absolute atomic E-state index is 12.1. The first-order valence-electron chi connectivity index (χ1n) is 7.20. The third-order valence-corrected chi connectivity index (χ3v) is 3.66. The van der Waals surface area contributed by atoms with E-state index in [0.717, 1.165) is 12.1 Å². The van der Waals surface area contributed by atoms with Crippen LogP contribution in [0.5, 0.6) is 5.88 Å². The average molecular weight is 332 g/mol. The number of aromatic nitrogens is 2. The van der Waals surface area contributed by atoms with Gasteiger partial charge < -0.3 is 10.0 Å². The number of hydrogen-bond donors (Lipinski definition) is 2. The summed E-state index contributed by atoms with van der Waals surface area (Å²) in [6.07, 6.45) is 1.39. The summed E-state index contributed by atoms with van der Waals surface area (Å²) in [5, 5.41) is 10.5. The molecule has 1 aromatic heterocycles. The van der Waals surface area contributed by atoms with Gasteiger partial charge in [0.05, 0.1) is 12.2 Å². The largest absolute Gasteiger partial charge is 0.494 e. The monoisotopic (exact) mass is 332 g/mol. The molecule has 0 bridgehead atoms. The number of aryl methyl sites for hydroxylation is 1. The van der Waals surface area contributed by atoms with Gasteiger partial charge in [0.2, 0.25) is 5.88 Å². The van der Waals surface area contributed by atoms with Crippen molar-refractivity contribution >= 4 is 18.4 Å². The minimum absolute atomic E-state index is 0.0978. The predicted molar refractivity (Wildman–Crippen MR) is 94.6 cm³/mol. The van der Waals surface area contributed by atoms with Crippen LogP contribution in [0.15, 0.2) is 34.1 Å². The van der Waals surface area contributed by atoms with E-state index in [0.29, 0.717) is 12.2 Å². The molecule has 1 aromatic carbocycles. The Morgan fingerprint density at radius 2 is 2.09 bits per heavy atom. The molecule has 0 saturated carbocycles. The second kappa shape index (κ2) is 7.34. The molecule has 2 N–H and O–H groups in total. The average Bonchev–Trinajstić information content (AvgIpc) is 2.47. The number of nitrogens with zero attached hydrogens (tertiary/aromatic N) is 3. The lowest BCUT2D eigenvalue weighted by Gasteiger charge is -2.13. The Hall–Kier alpha value is -2.25. The number of aromatic amines is 1. The van der Waals surface area contributed by atoms with Crippen LogP contribution < -0.4 is 5.56 Å². The van der Waals surface area contributed by atoms with Gasteiger partial charge in [-0.15, -0.1) is 0 Å². The fourth-order valence-corrected chi connectivity index (χ4v) is 2.38. The van der Waals surface area contributed by atoms with Crippen molar-refractivity contribution in [3.8, 4) is 11.6 Å². The fourth-order valence-electron chi connectivity index (χ4n) is 2.11. The first-order chi connectivity index (χ1) is 10.9. The molecule has 0 spiro atoms. The van der Waals surface area contributed by atoms with E-state index in [9.17, 15) is 9.90 Å². The van der Waals surface area contributed by atoms with Gasteiger partial charge in [-0.3, -0.25) is 19.3 Å². The third kappa shape index (κ3) is 3.94. The van der Waals surface area contributed by atoms with Gasteiger partial charge in [-0.05, 0) is 44.9 Å². The van der Waals surface area contributed by atoms with Crippen molar-refractivity contribution in [3.05, 3.63) is 50.5 Å². The highest BCUT2D eigenvalue weighted by molar-refractivity contribution is 7.71. The highest BCUT2D eigenvalue weighted by Crippen LogP contribution is 2.21. The Bertz CT molecular complexity index is 837. The zero-order valence-electron chi connectivity index (χ0n) is 13.4. The van der Waals surface area contributed by atoms with Crippen LogP contribution in [0.2, 0.25) is 0 Å². The van der Waals surface area contributed by atoms with Gasteiger partial charge in [0.1, 0.15) is 5.56 Å². The van der Waals surface area contributed by atoms with E-state index in [4.69, 9.17) is 12.2 Å². The maximum atomic E-state index is 12.1. The second-order valence-corrected chi connectivity index (χ2v) is 5.84. The quantitative estimate of drug-likeness (QED) is 0.648. The Morgan fingerprint density at radius 3 is 2.74 bits per heavy atom. The van der Waals surface area contributed by atoms with Crippen LogP contribution in [0.1, 0.15) is 11.1 Å². The number of benzene rings is 1. The zero-order valence-corrected chi connectivity index (χ0v) is 14.2. The number of nitrogens with one attached hydrogen (secondary N) is 1. The molecule has 0 aliphatic heterocycles. The van der Waals surface area contributed by atoms with E-state index in [-0.39, 0.29) is 16.2 Å². The summed E-state index contributed by atoms with van der Waals surface area (Å²) < 4.78 is 1.59. The highest BCUT2D eigenvalue weighted by Gasteiger charge is 2.13. The molecule has 1 heterocycles. The van der Waals surface area contributed by atoms with Gasteiger partial charge >= 0.3 is 0 Å². The molecule has 0 aliphatic rings. The van der Waals surface area contributed by atoms with Gasteiger partial charge in [-0.1, -0.05) is 18.2 Å². The van der Waals surface area contributed by atoms with Gasteiger partial charge in [0, 0.05) is 12.8 Å². The second-order valence-electron chi connectivity index (χ2n) is 5.46. The lowest BCUT2D eigenvalue weighted by molar-refractivity contribution is 0.420. The first kappa shape index (κ1) is 17.1. The number of aromatic hydroxyl groups is 1. The summed E-state index contributed by atoms with van der Waals surface area (Å²) in [6.45, 7) is 3.20. The Balaban J connectivity index is 2.50. The summed E-state index contributed by atoms with van der Waals surface area (Å²) >= 11 is 5.19. The molecule has 0 fully saturated rings. The smallest absolute Gasteiger partial charge is 0.264 e. The Labute approximate surface area is 139 Å². The van der Waals surface area contributed by atoms with E-state index in [1.54, 1.807) is 0 Å². The van der Waals surface area contributed by atoms with E-state index in [2.05, 4.69) is 9.98 Å². The molecule has 0 radical (unpaired) electrons. The summed E-state index contributed by atoms with van der Waals surface area (Å²) in [7, 11) is 3.88. The van der Waals surface area contributed by atoms with Crippen molar-refractivity contribution in [1.82, 2.24) is 14.5 Å². The van der Waals surface area contributed by atoms with E-state index in [1.165, 1.54) is 10.8 Å². The minimum atomic E-state index is -0.453. The number of likely N-dealkylation sites (N-methyl/N-ethyl adjacent to an activating group) is 1. The zero-order chi connectivity index (χ0) is 17.0. The molecule has 7 heteroatoms. The maximum Gasteiger partial charge on any atom is 0.264 e. The van der Waals surface area contributed by atoms with Crippen LogP contribution in [0, 0.1) is 11.7 Å². The molecule has 2 rings (SSSR count). The molecule has 0 atom stereocenters. The van der Waals surface area contributed by atoms with Crippen molar-refractivity contribution < 1.29 is 5.11 Å². The van der Waals surface area contributed by atoms with E-state index >= 15 is 0 Å². The van der Waals surface area contributed by atoms with Crippen LogP contribution in [-0.2, 0) is 0 Å². The minimum Gasteiger partial charge on any atom is -0.494 e. The molecule has 0 saturated heterocycles. The molecule has 0 unspecified atom stereocenters. The summed E-state index contributed by atoms with van der Waals surface area (Å²) in [6, 6.07) is 7.48. The van der Waals surface area contributed by atoms with Crippen LogP contribution >= 0.6 is 12.2 Å². The van der Waals surface area contributed by atoms with Crippen molar-refractivity contribution in [3.63, 3.8) is 0 Å². The van der Waals surface area contributed by atoms with E-state index < -0.39 is 5.56 Å². The number of aliphatic imine (C=N–C) groups is 1. The van der Waals surface area contributed by atoms with Crippen molar-refractivity contribution in [2.45, 2.75) is 6.92 Å². The van der Waals surface area contributed by atoms with Crippen LogP contribution in [0.3, 0.4) is 0 Å². The van der Waals surface area contributed by atoms with E-state index in [1.807, 2.05) is 50.2 Å². The molecule has 23 heavy (non-hydrogen) atoms. The number of rotatable bonds is 5. The fraction of sp³-hybridized carbons (Fsp3) is 0.312. The standard InChI is InChI=1S/C16H20N4O2S/c1-11-6-4-5-7-13(11)20-15(22)12(14(21)18-16(20)23)10-17-8-9-19(2)3/h4-7,10,22H,8-9H2,1-3H3,(H,18,21,23). The van der Waals surface area contributed by atoms with Crippen molar-refractivity contribution in [2.24, 2.45) is 4.99 Å². The number of H-pyrrole nitrogens is 1. The summed E-state index contributed by atoms with van der Waals surface area (Å²) in [5.74, 6) is -0.207. The predicted octanol–water partition coefficient (Wildman–Crippen LogP) is 1.89. The molecule has 122 valence electrons. The normalized spacial score (nSPS) is 11.5. The lowest BCUT2D eigenvalue weighted by Crippen LogP contribution is -2.19. The lowest BCUT2D eigenvalue weighted by atomic mass is 10.2. The molecular weight excluding hydrogens is 312 g/mol.